The van der Waals surface area contributed by atoms with Crippen LogP contribution in [0, 0.1) is 17.2 Å². The summed E-state index contributed by atoms with van der Waals surface area (Å²) in [5, 5.41) is 8.94. The SMILES string of the molecule is N#CC(OC(=O)c1cccc2[nH]c(=O)oc12)C1CC1. The predicted molar refractivity (Wildman–Crippen MR) is 64.4 cm³/mol. The highest BCUT2D eigenvalue weighted by atomic mass is 16.5. The van der Waals surface area contributed by atoms with Crippen LogP contribution in [0.4, 0.5) is 0 Å². The molecule has 1 fully saturated rings. The molecule has 0 radical (unpaired) electrons. The number of rotatable bonds is 3. The highest BCUT2D eigenvalue weighted by molar-refractivity contribution is 6.01. The van der Waals surface area contributed by atoms with Gasteiger partial charge >= 0.3 is 11.7 Å². The van der Waals surface area contributed by atoms with Crippen molar-refractivity contribution in [3.63, 3.8) is 0 Å². The first kappa shape index (κ1) is 11.5. The van der Waals surface area contributed by atoms with E-state index in [0.717, 1.165) is 12.8 Å². The number of carbonyl (C=O) groups is 1. The van der Waals surface area contributed by atoms with Crippen LogP contribution in [-0.4, -0.2) is 17.1 Å². The molecule has 0 aliphatic heterocycles. The molecule has 0 bridgehead atoms. The van der Waals surface area contributed by atoms with E-state index in [1.165, 1.54) is 6.07 Å². The van der Waals surface area contributed by atoms with Gasteiger partial charge in [0.1, 0.15) is 11.6 Å². The Kier molecular flexibility index (Phi) is 2.60. The summed E-state index contributed by atoms with van der Waals surface area (Å²) in [5.41, 5.74) is 0.737. The Morgan fingerprint density at radius 2 is 2.32 bits per heavy atom. The third-order valence-electron chi connectivity index (χ3n) is 3.08. The van der Waals surface area contributed by atoms with Crippen molar-refractivity contribution < 1.29 is 13.9 Å². The summed E-state index contributed by atoms with van der Waals surface area (Å²) in [4.78, 5) is 25.6. The van der Waals surface area contributed by atoms with E-state index >= 15 is 0 Å². The molecular weight excluding hydrogens is 248 g/mol. The lowest BCUT2D eigenvalue weighted by Crippen LogP contribution is -2.18. The van der Waals surface area contributed by atoms with Crippen LogP contribution >= 0.6 is 0 Å². The van der Waals surface area contributed by atoms with Gasteiger partial charge in [-0.15, -0.1) is 0 Å². The summed E-state index contributed by atoms with van der Waals surface area (Å²) >= 11 is 0. The molecule has 1 heterocycles. The number of H-pyrrole nitrogens is 1. The van der Waals surface area contributed by atoms with Crippen LogP contribution in [-0.2, 0) is 4.74 Å². The number of nitriles is 1. The molecule has 1 N–H and O–H groups in total. The summed E-state index contributed by atoms with van der Waals surface area (Å²) in [6, 6.07) is 6.72. The highest BCUT2D eigenvalue weighted by Gasteiger charge is 2.34. The van der Waals surface area contributed by atoms with Crippen LogP contribution in [0.3, 0.4) is 0 Å². The van der Waals surface area contributed by atoms with Crippen LogP contribution < -0.4 is 5.76 Å². The van der Waals surface area contributed by atoms with Crippen LogP contribution in [0.1, 0.15) is 23.2 Å². The van der Waals surface area contributed by atoms with E-state index < -0.39 is 17.8 Å². The highest BCUT2D eigenvalue weighted by Crippen LogP contribution is 2.34. The van der Waals surface area contributed by atoms with Gasteiger partial charge in [0.25, 0.3) is 0 Å². The van der Waals surface area contributed by atoms with Gasteiger partial charge in [0.05, 0.1) is 5.52 Å². The van der Waals surface area contributed by atoms with Gasteiger partial charge in [0, 0.05) is 5.92 Å². The maximum atomic E-state index is 12.0. The molecule has 0 saturated heterocycles. The van der Waals surface area contributed by atoms with Crippen molar-refractivity contribution in [3.05, 3.63) is 34.3 Å². The first-order valence-electron chi connectivity index (χ1n) is 5.91. The zero-order chi connectivity index (χ0) is 13.4. The Balaban J connectivity index is 1.93. The van der Waals surface area contributed by atoms with E-state index in [9.17, 15) is 9.59 Å². The molecule has 1 aromatic heterocycles. The number of hydrogen-bond donors (Lipinski definition) is 1. The van der Waals surface area contributed by atoms with Gasteiger partial charge in [0.15, 0.2) is 11.7 Å². The van der Waals surface area contributed by atoms with Crippen LogP contribution in [0.5, 0.6) is 0 Å². The number of nitrogens with zero attached hydrogens (tertiary/aromatic N) is 1. The maximum Gasteiger partial charge on any atom is 0.417 e. The topological polar surface area (TPSA) is 96.1 Å². The normalized spacial score (nSPS) is 15.9. The standard InChI is InChI=1S/C13H10N2O4/c14-6-10(7-4-5-7)18-12(16)8-2-1-3-9-11(8)19-13(17)15-9/h1-3,7,10H,4-5H2,(H,15,17). The summed E-state index contributed by atoms with van der Waals surface area (Å²) in [7, 11) is 0. The molecule has 6 nitrogen and oxygen atoms in total. The fourth-order valence-corrected chi connectivity index (χ4v) is 1.94. The van der Waals surface area contributed by atoms with E-state index in [-0.39, 0.29) is 17.1 Å². The van der Waals surface area contributed by atoms with Crippen molar-refractivity contribution >= 4 is 17.1 Å². The lowest BCUT2D eigenvalue weighted by atomic mass is 10.2. The molecule has 96 valence electrons. The molecule has 0 amide bonds. The number of nitrogens with one attached hydrogen (secondary N) is 1. The molecule has 1 saturated carbocycles. The van der Waals surface area contributed by atoms with Gasteiger partial charge in [-0.1, -0.05) is 6.07 Å². The first-order chi connectivity index (χ1) is 9.19. The van der Waals surface area contributed by atoms with Crippen LogP contribution in [0.15, 0.2) is 27.4 Å². The van der Waals surface area contributed by atoms with E-state index in [2.05, 4.69) is 4.98 Å². The van der Waals surface area contributed by atoms with E-state index in [0.29, 0.717) is 5.52 Å². The van der Waals surface area contributed by atoms with Gasteiger partial charge in [-0.2, -0.15) is 5.26 Å². The number of oxazole rings is 1. The molecule has 1 atom stereocenters. The number of benzene rings is 1. The minimum Gasteiger partial charge on any atom is -0.443 e. The van der Waals surface area contributed by atoms with Crippen molar-refractivity contribution in [3.8, 4) is 6.07 Å². The number of esters is 1. The number of fused-ring (bicyclic) bond motifs is 1. The van der Waals surface area contributed by atoms with E-state index in [1.807, 2.05) is 6.07 Å². The molecule has 3 rings (SSSR count). The van der Waals surface area contributed by atoms with Gasteiger partial charge < -0.3 is 9.15 Å². The fraction of sp³-hybridized carbons (Fsp3) is 0.308. The lowest BCUT2D eigenvalue weighted by molar-refractivity contribution is 0.0371. The fourth-order valence-electron chi connectivity index (χ4n) is 1.94. The zero-order valence-corrected chi connectivity index (χ0v) is 9.88. The number of aromatic nitrogens is 1. The Hall–Kier alpha value is -2.55. The molecule has 19 heavy (non-hydrogen) atoms. The third kappa shape index (κ3) is 2.10. The smallest absolute Gasteiger partial charge is 0.417 e. The van der Waals surface area contributed by atoms with Crippen LogP contribution in [0.25, 0.3) is 11.1 Å². The second-order valence-corrected chi connectivity index (χ2v) is 4.49. The summed E-state index contributed by atoms with van der Waals surface area (Å²) in [5.74, 6) is -1.15. The average molecular weight is 258 g/mol. The third-order valence-corrected chi connectivity index (χ3v) is 3.08. The largest absolute Gasteiger partial charge is 0.443 e. The minimum absolute atomic E-state index is 0.131. The summed E-state index contributed by atoms with van der Waals surface area (Å²) in [6.45, 7) is 0. The molecule has 1 unspecified atom stereocenters. The van der Waals surface area contributed by atoms with Gasteiger partial charge in [-0.25, -0.2) is 9.59 Å². The lowest BCUT2D eigenvalue weighted by Gasteiger charge is -2.09. The Morgan fingerprint density at radius 3 is 3.00 bits per heavy atom. The Labute approximate surface area is 107 Å². The van der Waals surface area contributed by atoms with Crippen molar-refractivity contribution in [1.82, 2.24) is 4.98 Å². The molecule has 0 spiro atoms. The molecule has 6 heteroatoms. The number of aromatic amines is 1. The number of ether oxygens (including phenoxy) is 1. The van der Waals surface area contributed by atoms with Gasteiger partial charge in [-0.3, -0.25) is 4.98 Å². The Morgan fingerprint density at radius 1 is 1.53 bits per heavy atom. The van der Waals surface area contributed by atoms with Crippen molar-refractivity contribution in [2.24, 2.45) is 5.92 Å². The molecule has 1 aromatic carbocycles. The van der Waals surface area contributed by atoms with Crippen molar-refractivity contribution in [2.45, 2.75) is 18.9 Å². The van der Waals surface area contributed by atoms with E-state index in [1.54, 1.807) is 12.1 Å². The maximum absolute atomic E-state index is 12.0. The van der Waals surface area contributed by atoms with Crippen molar-refractivity contribution in [2.75, 3.05) is 0 Å². The molecule has 2 aromatic rings. The van der Waals surface area contributed by atoms with Crippen molar-refractivity contribution in [1.29, 1.82) is 5.26 Å². The summed E-state index contributed by atoms with van der Waals surface area (Å²) in [6.07, 6.45) is 1.07. The quantitative estimate of drug-likeness (QED) is 0.843. The summed E-state index contributed by atoms with van der Waals surface area (Å²) < 4.78 is 10.1. The monoisotopic (exact) mass is 258 g/mol. The second kappa shape index (κ2) is 4.28. The second-order valence-electron chi connectivity index (χ2n) is 4.49. The molecule has 1 aliphatic carbocycles. The van der Waals surface area contributed by atoms with Crippen LogP contribution in [0.2, 0.25) is 0 Å². The average Bonchev–Trinajstić information content (AvgIpc) is 3.16. The number of carbonyl (C=O) groups excluding carboxylic acids is 1. The molecular formula is C13H10N2O4. The van der Waals surface area contributed by atoms with Gasteiger partial charge in [-0.05, 0) is 25.0 Å². The predicted octanol–water partition coefficient (Wildman–Crippen LogP) is 1.58. The zero-order valence-electron chi connectivity index (χ0n) is 9.88. The first-order valence-corrected chi connectivity index (χ1v) is 5.91. The minimum atomic E-state index is -0.728. The number of para-hydroxylation sites is 1. The van der Waals surface area contributed by atoms with E-state index in [4.69, 9.17) is 14.4 Å². The Bertz CT molecular complexity index is 733. The molecule has 1 aliphatic rings. The number of hydrogen-bond acceptors (Lipinski definition) is 5. The van der Waals surface area contributed by atoms with Gasteiger partial charge in [0.2, 0.25) is 0 Å².